The minimum atomic E-state index is -4.74. The summed E-state index contributed by atoms with van der Waals surface area (Å²) < 4.78 is 40.3. The lowest BCUT2D eigenvalue weighted by molar-refractivity contribution is -0.274. The second-order valence-corrected chi connectivity index (χ2v) is 6.01. The zero-order valence-corrected chi connectivity index (χ0v) is 14.5. The van der Waals surface area contributed by atoms with E-state index in [1.807, 2.05) is 24.0 Å². The van der Waals surface area contributed by atoms with Crippen molar-refractivity contribution in [3.05, 3.63) is 42.1 Å². The Labute approximate surface area is 153 Å². The van der Waals surface area contributed by atoms with Gasteiger partial charge in [0.25, 0.3) is 0 Å². The highest BCUT2D eigenvalue weighted by Crippen LogP contribution is 2.24. The molecule has 1 saturated heterocycles. The van der Waals surface area contributed by atoms with Gasteiger partial charge in [0.2, 0.25) is 0 Å². The van der Waals surface area contributed by atoms with Crippen LogP contribution >= 0.6 is 0 Å². The van der Waals surface area contributed by atoms with E-state index in [1.165, 1.54) is 12.1 Å². The fourth-order valence-corrected chi connectivity index (χ4v) is 2.64. The number of carbonyl (C=O) groups excluding carboxylic acids is 1. The normalized spacial score (nSPS) is 14.8. The lowest BCUT2D eigenvalue weighted by Gasteiger charge is -2.35. The van der Waals surface area contributed by atoms with Crippen LogP contribution in [0.4, 0.5) is 29.5 Å². The number of piperazine rings is 1. The molecule has 2 amide bonds. The minimum absolute atomic E-state index is 0.311. The number of rotatable bonds is 3. The Morgan fingerprint density at radius 3 is 2.26 bits per heavy atom. The van der Waals surface area contributed by atoms with Gasteiger partial charge in [-0.3, -0.25) is 0 Å². The smallest absolute Gasteiger partial charge is 0.406 e. The maximum absolute atomic E-state index is 12.3. The second-order valence-electron chi connectivity index (χ2n) is 6.01. The summed E-state index contributed by atoms with van der Waals surface area (Å²) >= 11 is 0. The number of nitrogens with one attached hydrogen (secondary N) is 1. The van der Waals surface area contributed by atoms with Gasteiger partial charge in [-0.05, 0) is 43.3 Å². The number of ether oxygens (including phenoxy) is 1. The van der Waals surface area contributed by atoms with E-state index in [0.29, 0.717) is 31.9 Å². The van der Waals surface area contributed by atoms with Gasteiger partial charge in [-0.2, -0.15) is 5.10 Å². The number of anilines is 2. The molecule has 1 aliphatic heterocycles. The second kappa shape index (κ2) is 7.68. The third-order valence-electron chi connectivity index (χ3n) is 4.01. The summed E-state index contributed by atoms with van der Waals surface area (Å²) in [6.07, 6.45) is -4.74. The summed E-state index contributed by atoms with van der Waals surface area (Å²) in [5, 5.41) is 10.8. The molecule has 7 nitrogen and oxygen atoms in total. The number of aromatic nitrogens is 2. The third-order valence-corrected chi connectivity index (χ3v) is 4.01. The van der Waals surface area contributed by atoms with Crippen molar-refractivity contribution in [2.75, 3.05) is 36.4 Å². The molecule has 27 heavy (non-hydrogen) atoms. The Kier molecular flexibility index (Phi) is 5.33. The minimum Gasteiger partial charge on any atom is -0.406 e. The first-order valence-electron chi connectivity index (χ1n) is 8.27. The Morgan fingerprint density at radius 2 is 1.70 bits per heavy atom. The Balaban J connectivity index is 1.51. The van der Waals surface area contributed by atoms with Crippen LogP contribution in [0, 0.1) is 6.92 Å². The summed E-state index contributed by atoms with van der Waals surface area (Å²) in [4.78, 5) is 16.0. The number of hydrogen-bond donors (Lipinski definition) is 1. The zero-order valence-electron chi connectivity index (χ0n) is 14.5. The molecule has 1 fully saturated rings. The van der Waals surface area contributed by atoms with Gasteiger partial charge in [0.15, 0.2) is 5.82 Å². The fraction of sp³-hybridized carbons (Fsp3) is 0.353. The van der Waals surface area contributed by atoms with Gasteiger partial charge in [-0.1, -0.05) is 0 Å². The quantitative estimate of drug-likeness (QED) is 0.885. The van der Waals surface area contributed by atoms with Crippen molar-refractivity contribution in [2.45, 2.75) is 13.3 Å². The topological polar surface area (TPSA) is 70.6 Å². The highest BCUT2D eigenvalue weighted by Gasteiger charge is 2.31. The monoisotopic (exact) mass is 381 g/mol. The first-order chi connectivity index (χ1) is 12.8. The van der Waals surface area contributed by atoms with Crippen LogP contribution in [-0.2, 0) is 0 Å². The van der Waals surface area contributed by atoms with Gasteiger partial charge in [0, 0.05) is 31.9 Å². The van der Waals surface area contributed by atoms with Crippen molar-refractivity contribution < 1.29 is 22.7 Å². The molecule has 144 valence electrons. The van der Waals surface area contributed by atoms with Crippen molar-refractivity contribution in [1.82, 2.24) is 15.1 Å². The zero-order chi connectivity index (χ0) is 19.4. The summed E-state index contributed by atoms with van der Waals surface area (Å²) in [6, 6.07) is 8.48. The van der Waals surface area contributed by atoms with Gasteiger partial charge >= 0.3 is 12.4 Å². The highest BCUT2D eigenvalue weighted by molar-refractivity contribution is 5.89. The van der Waals surface area contributed by atoms with Crippen LogP contribution in [0.5, 0.6) is 5.75 Å². The lowest BCUT2D eigenvalue weighted by atomic mass is 10.3. The molecule has 0 spiro atoms. The highest BCUT2D eigenvalue weighted by atomic mass is 19.4. The molecule has 0 aliphatic carbocycles. The number of alkyl halides is 3. The molecular weight excluding hydrogens is 363 g/mol. The largest absolute Gasteiger partial charge is 0.573 e. The van der Waals surface area contributed by atoms with E-state index in [4.69, 9.17) is 0 Å². The molecule has 1 aliphatic rings. The molecule has 1 aromatic heterocycles. The van der Waals surface area contributed by atoms with E-state index >= 15 is 0 Å². The molecule has 2 aromatic rings. The van der Waals surface area contributed by atoms with Crippen LogP contribution in [0.15, 0.2) is 36.4 Å². The number of amides is 2. The summed E-state index contributed by atoms with van der Waals surface area (Å²) in [5.41, 5.74) is 1.23. The van der Waals surface area contributed by atoms with Crippen LogP contribution in [0.2, 0.25) is 0 Å². The van der Waals surface area contributed by atoms with Crippen molar-refractivity contribution in [2.24, 2.45) is 0 Å². The van der Waals surface area contributed by atoms with Crippen LogP contribution < -0.4 is 15.0 Å². The number of nitrogens with zero attached hydrogens (tertiary/aromatic N) is 4. The van der Waals surface area contributed by atoms with Gasteiger partial charge in [-0.25, -0.2) is 4.79 Å². The molecule has 0 bridgehead atoms. The number of carbonyl (C=O) groups is 1. The number of urea groups is 1. The molecule has 1 aromatic carbocycles. The van der Waals surface area contributed by atoms with Crippen molar-refractivity contribution in [3.63, 3.8) is 0 Å². The molecule has 0 atom stereocenters. The standard InChI is InChI=1S/C17H18F3N5O2/c1-12-2-7-15(23-22-12)24-8-10-25(11-9-24)16(26)21-13-3-5-14(6-4-13)27-17(18,19)20/h2-7H,8-11H2,1H3,(H,21,26). The Morgan fingerprint density at radius 1 is 1.04 bits per heavy atom. The fourth-order valence-electron chi connectivity index (χ4n) is 2.64. The first-order valence-corrected chi connectivity index (χ1v) is 8.27. The van der Waals surface area contributed by atoms with Gasteiger partial charge < -0.3 is 19.9 Å². The molecule has 2 heterocycles. The predicted octanol–water partition coefficient (Wildman–Crippen LogP) is 3.04. The number of hydrogen-bond acceptors (Lipinski definition) is 5. The van der Waals surface area contributed by atoms with Crippen LogP contribution in [0.25, 0.3) is 0 Å². The van der Waals surface area contributed by atoms with E-state index in [2.05, 4.69) is 20.3 Å². The number of halogens is 3. The molecule has 0 radical (unpaired) electrons. The van der Waals surface area contributed by atoms with Crippen LogP contribution in [0.1, 0.15) is 5.69 Å². The summed E-state index contributed by atoms with van der Waals surface area (Å²) in [5.74, 6) is 0.425. The average molecular weight is 381 g/mol. The molecular formula is C17H18F3N5O2. The first kappa shape index (κ1) is 18.7. The SMILES string of the molecule is Cc1ccc(N2CCN(C(=O)Nc3ccc(OC(F)(F)F)cc3)CC2)nn1. The molecule has 3 rings (SSSR count). The van der Waals surface area contributed by atoms with E-state index in [0.717, 1.165) is 23.6 Å². The number of benzene rings is 1. The Bertz CT molecular complexity index is 773. The van der Waals surface area contributed by atoms with Gasteiger partial charge in [-0.15, -0.1) is 18.3 Å². The van der Waals surface area contributed by atoms with E-state index in [9.17, 15) is 18.0 Å². The van der Waals surface area contributed by atoms with Gasteiger partial charge in [0.1, 0.15) is 5.75 Å². The van der Waals surface area contributed by atoms with E-state index < -0.39 is 6.36 Å². The maximum Gasteiger partial charge on any atom is 0.573 e. The lowest BCUT2D eigenvalue weighted by Crippen LogP contribution is -2.50. The van der Waals surface area contributed by atoms with Crippen molar-refractivity contribution in [1.29, 1.82) is 0 Å². The maximum atomic E-state index is 12.3. The molecule has 0 saturated carbocycles. The summed E-state index contributed by atoms with van der Waals surface area (Å²) in [7, 11) is 0. The van der Waals surface area contributed by atoms with Gasteiger partial charge in [0.05, 0.1) is 5.69 Å². The molecule has 10 heteroatoms. The van der Waals surface area contributed by atoms with E-state index in [1.54, 1.807) is 4.90 Å². The predicted molar refractivity (Wildman–Crippen MR) is 92.7 cm³/mol. The number of aryl methyl sites for hydroxylation is 1. The van der Waals surface area contributed by atoms with Crippen LogP contribution in [0.3, 0.4) is 0 Å². The van der Waals surface area contributed by atoms with Crippen molar-refractivity contribution >= 4 is 17.5 Å². The Hall–Kier alpha value is -3.04. The molecule has 0 unspecified atom stereocenters. The third kappa shape index (κ3) is 5.22. The average Bonchev–Trinajstić information content (AvgIpc) is 2.63. The van der Waals surface area contributed by atoms with Crippen molar-refractivity contribution in [3.8, 4) is 5.75 Å². The molecule has 1 N–H and O–H groups in total. The van der Waals surface area contributed by atoms with Crippen LogP contribution in [-0.4, -0.2) is 53.7 Å². The van der Waals surface area contributed by atoms with E-state index in [-0.39, 0.29) is 11.8 Å². The summed E-state index contributed by atoms with van der Waals surface area (Å²) in [6.45, 7) is 4.08.